The van der Waals surface area contributed by atoms with Gasteiger partial charge in [-0.2, -0.15) is 0 Å². The van der Waals surface area contributed by atoms with Gasteiger partial charge in [0.25, 0.3) is 0 Å². The lowest BCUT2D eigenvalue weighted by molar-refractivity contribution is 0.0263. The Hall–Kier alpha value is -3.16. The Balaban J connectivity index is 1.72. The van der Waals surface area contributed by atoms with E-state index in [0.717, 1.165) is 13.0 Å². The van der Waals surface area contributed by atoms with E-state index in [2.05, 4.69) is 14.9 Å². The number of nitrogen functional groups attached to an aromatic ring is 1. The summed E-state index contributed by atoms with van der Waals surface area (Å²) >= 11 is 0. The number of nitrogens with two attached hydrogens (primary N) is 1. The van der Waals surface area contributed by atoms with Gasteiger partial charge in [-0.25, -0.2) is 14.8 Å². The quantitative estimate of drug-likeness (QED) is 0.795. The van der Waals surface area contributed by atoms with Crippen LogP contribution in [0.4, 0.5) is 16.4 Å². The van der Waals surface area contributed by atoms with Crippen molar-refractivity contribution in [3.05, 3.63) is 47.8 Å². The Labute approximate surface area is 170 Å². The third-order valence-corrected chi connectivity index (χ3v) is 4.52. The van der Waals surface area contributed by atoms with Crippen molar-refractivity contribution in [2.24, 2.45) is 0 Å². The van der Waals surface area contributed by atoms with Crippen molar-refractivity contribution in [3.63, 3.8) is 0 Å². The van der Waals surface area contributed by atoms with Crippen molar-refractivity contribution < 1.29 is 14.3 Å². The van der Waals surface area contributed by atoms with E-state index in [1.807, 2.05) is 26.8 Å². The van der Waals surface area contributed by atoms with Gasteiger partial charge in [0.1, 0.15) is 22.9 Å². The van der Waals surface area contributed by atoms with Crippen LogP contribution >= 0.6 is 0 Å². The molecule has 0 saturated carbocycles. The lowest BCUT2D eigenvalue weighted by Gasteiger charge is -2.26. The van der Waals surface area contributed by atoms with Gasteiger partial charge in [0, 0.05) is 32.4 Å². The number of ketones is 1. The fourth-order valence-electron chi connectivity index (χ4n) is 3.13. The number of anilines is 2. The van der Waals surface area contributed by atoms with Gasteiger partial charge >= 0.3 is 6.09 Å². The second-order valence-electron chi connectivity index (χ2n) is 7.95. The summed E-state index contributed by atoms with van der Waals surface area (Å²) in [7, 11) is 0. The zero-order valence-corrected chi connectivity index (χ0v) is 17.1. The van der Waals surface area contributed by atoms with E-state index in [1.54, 1.807) is 35.4 Å². The first-order valence-electron chi connectivity index (χ1n) is 9.70. The molecule has 2 aromatic rings. The molecule has 1 amide bonds. The molecule has 0 aliphatic carbocycles. The number of ether oxygens (including phenoxy) is 1. The van der Waals surface area contributed by atoms with E-state index >= 15 is 0 Å². The van der Waals surface area contributed by atoms with E-state index in [0.29, 0.717) is 36.7 Å². The van der Waals surface area contributed by atoms with Gasteiger partial charge in [-0.05, 0) is 51.5 Å². The highest BCUT2D eigenvalue weighted by Crippen LogP contribution is 2.19. The highest BCUT2D eigenvalue weighted by atomic mass is 16.6. The van der Waals surface area contributed by atoms with Gasteiger partial charge in [-0.1, -0.05) is 6.07 Å². The predicted octanol–water partition coefficient (Wildman–Crippen LogP) is 2.74. The maximum atomic E-state index is 12.8. The number of pyridine rings is 2. The SMILES string of the molecule is CC(C)(C)OC(=O)N1CCCN(c2cccc(C(=O)c3cccnc3N)n2)CC1. The number of rotatable bonds is 3. The summed E-state index contributed by atoms with van der Waals surface area (Å²) in [4.78, 5) is 37.4. The number of carbonyl (C=O) groups excluding carboxylic acids is 2. The zero-order valence-electron chi connectivity index (χ0n) is 17.1. The maximum Gasteiger partial charge on any atom is 0.410 e. The summed E-state index contributed by atoms with van der Waals surface area (Å²) in [6.45, 7) is 8.07. The molecule has 1 saturated heterocycles. The molecule has 0 bridgehead atoms. The van der Waals surface area contributed by atoms with Crippen LogP contribution in [0.3, 0.4) is 0 Å². The van der Waals surface area contributed by atoms with Crippen molar-refractivity contribution in [3.8, 4) is 0 Å². The van der Waals surface area contributed by atoms with Crippen LogP contribution in [0.1, 0.15) is 43.2 Å². The zero-order chi connectivity index (χ0) is 21.0. The monoisotopic (exact) mass is 397 g/mol. The van der Waals surface area contributed by atoms with Crippen LogP contribution in [0.5, 0.6) is 0 Å². The summed E-state index contributed by atoms with van der Waals surface area (Å²) in [5.74, 6) is 0.625. The van der Waals surface area contributed by atoms with Crippen molar-refractivity contribution in [1.82, 2.24) is 14.9 Å². The molecule has 8 nitrogen and oxygen atoms in total. The molecule has 0 atom stereocenters. The van der Waals surface area contributed by atoms with E-state index in [4.69, 9.17) is 10.5 Å². The molecule has 2 N–H and O–H groups in total. The van der Waals surface area contributed by atoms with Crippen molar-refractivity contribution in [1.29, 1.82) is 0 Å². The van der Waals surface area contributed by atoms with Gasteiger partial charge in [0.05, 0.1) is 5.56 Å². The third kappa shape index (κ3) is 5.22. The Kier molecular flexibility index (Phi) is 6.00. The molecule has 3 heterocycles. The molecule has 8 heteroatoms. The van der Waals surface area contributed by atoms with Crippen LogP contribution in [0, 0.1) is 0 Å². The Morgan fingerprint density at radius 3 is 2.59 bits per heavy atom. The normalized spacial score (nSPS) is 15.0. The minimum absolute atomic E-state index is 0.187. The van der Waals surface area contributed by atoms with Crippen LogP contribution in [0.2, 0.25) is 0 Å². The standard InChI is InChI=1S/C21H27N5O3/c1-21(2,3)29-20(28)26-12-6-11-25(13-14-26)17-9-4-8-16(24-17)18(27)15-7-5-10-23-19(15)22/h4-5,7-10H,6,11-14H2,1-3H3,(H2,22,23). The summed E-state index contributed by atoms with van der Waals surface area (Å²) in [5, 5.41) is 0. The van der Waals surface area contributed by atoms with Crippen LogP contribution in [-0.4, -0.2) is 58.5 Å². The van der Waals surface area contributed by atoms with Crippen LogP contribution in [-0.2, 0) is 4.74 Å². The predicted molar refractivity (Wildman–Crippen MR) is 111 cm³/mol. The van der Waals surface area contributed by atoms with Gasteiger partial charge in [0.2, 0.25) is 5.78 Å². The lowest BCUT2D eigenvalue weighted by Crippen LogP contribution is -2.39. The first-order chi connectivity index (χ1) is 13.7. The summed E-state index contributed by atoms with van der Waals surface area (Å²) in [6.07, 6.45) is 2.03. The summed E-state index contributed by atoms with van der Waals surface area (Å²) < 4.78 is 5.47. The highest BCUT2D eigenvalue weighted by molar-refractivity contribution is 6.10. The van der Waals surface area contributed by atoms with E-state index < -0.39 is 5.60 Å². The van der Waals surface area contributed by atoms with Crippen molar-refractivity contribution in [2.45, 2.75) is 32.8 Å². The average molecular weight is 397 g/mol. The average Bonchev–Trinajstić information content (AvgIpc) is 2.93. The van der Waals surface area contributed by atoms with Crippen molar-refractivity contribution >= 4 is 23.5 Å². The molecule has 0 radical (unpaired) electrons. The van der Waals surface area contributed by atoms with Gasteiger partial charge in [-0.15, -0.1) is 0 Å². The minimum atomic E-state index is -0.520. The molecule has 1 aliphatic rings. The van der Waals surface area contributed by atoms with Gasteiger partial charge in [0.15, 0.2) is 0 Å². The smallest absolute Gasteiger partial charge is 0.410 e. The van der Waals surface area contributed by atoms with Gasteiger partial charge < -0.3 is 20.3 Å². The molecule has 0 aromatic carbocycles. The Bertz CT molecular complexity index is 894. The first-order valence-corrected chi connectivity index (χ1v) is 9.70. The molecule has 29 heavy (non-hydrogen) atoms. The number of amides is 1. The Morgan fingerprint density at radius 2 is 1.86 bits per heavy atom. The molecule has 1 fully saturated rings. The lowest BCUT2D eigenvalue weighted by atomic mass is 10.1. The molecule has 1 aliphatic heterocycles. The number of aromatic nitrogens is 2. The summed E-state index contributed by atoms with van der Waals surface area (Å²) in [5.41, 5.74) is 5.96. The van der Waals surface area contributed by atoms with E-state index in [9.17, 15) is 9.59 Å². The Morgan fingerprint density at radius 1 is 1.07 bits per heavy atom. The maximum absolute atomic E-state index is 12.8. The van der Waals surface area contributed by atoms with E-state index in [1.165, 1.54) is 0 Å². The summed E-state index contributed by atoms with van der Waals surface area (Å²) in [6, 6.07) is 8.66. The number of hydrogen-bond acceptors (Lipinski definition) is 7. The van der Waals surface area contributed by atoms with Crippen LogP contribution in [0.15, 0.2) is 36.5 Å². The molecule has 154 valence electrons. The fraction of sp³-hybridized carbons (Fsp3) is 0.429. The molecular weight excluding hydrogens is 370 g/mol. The third-order valence-electron chi connectivity index (χ3n) is 4.52. The molecular formula is C21H27N5O3. The molecule has 2 aromatic heterocycles. The number of hydrogen-bond donors (Lipinski definition) is 1. The number of carbonyl (C=O) groups is 2. The largest absolute Gasteiger partial charge is 0.444 e. The second kappa shape index (κ2) is 8.46. The van der Waals surface area contributed by atoms with Crippen LogP contribution in [0.25, 0.3) is 0 Å². The first kappa shape index (κ1) is 20.6. The topological polar surface area (TPSA) is 102 Å². The molecule has 0 unspecified atom stereocenters. The van der Waals surface area contributed by atoms with Gasteiger partial charge in [-0.3, -0.25) is 4.79 Å². The highest BCUT2D eigenvalue weighted by Gasteiger charge is 2.25. The van der Waals surface area contributed by atoms with Crippen molar-refractivity contribution in [2.75, 3.05) is 36.8 Å². The fourth-order valence-corrected chi connectivity index (χ4v) is 3.13. The molecule has 3 rings (SSSR count). The second-order valence-corrected chi connectivity index (χ2v) is 7.95. The minimum Gasteiger partial charge on any atom is -0.444 e. The molecule has 0 spiro atoms. The number of nitrogens with zero attached hydrogens (tertiary/aromatic N) is 4. The van der Waals surface area contributed by atoms with E-state index in [-0.39, 0.29) is 17.7 Å². The van der Waals surface area contributed by atoms with Crippen LogP contribution < -0.4 is 10.6 Å².